The summed E-state index contributed by atoms with van der Waals surface area (Å²) in [6.45, 7) is 15.9. The maximum Gasteiger partial charge on any atom is 0.416 e. The van der Waals surface area contributed by atoms with Gasteiger partial charge in [-0.25, -0.2) is 0 Å². The topological polar surface area (TPSA) is 47.6 Å². The number of nitrogens with zero attached hydrogens (tertiary/aromatic N) is 2. The number of ether oxygens (including phenoxy) is 1. The van der Waals surface area contributed by atoms with E-state index < -0.39 is 11.7 Å². The van der Waals surface area contributed by atoms with Gasteiger partial charge in [-0.2, -0.15) is 13.2 Å². The molecule has 0 fully saturated rings. The average molecular weight is 553 g/mol. The van der Waals surface area contributed by atoms with Crippen LogP contribution in [0.15, 0.2) is 59.4 Å². The van der Waals surface area contributed by atoms with Gasteiger partial charge in [0.1, 0.15) is 5.75 Å². The van der Waals surface area contributed by atoms with Crippen LogP contribution in [-0.2, 0) is 6.18 Å². The molecule has 0 radical (unpaired) electrons. The van der Waals surface area contributed by atoms with Crippen molar-refractivity contribution in [1.82, 2.24) is 0 Å². The van der Waals surface area contributed by atoms with E-state index >= 15 is 0 Å². The number of hydrogen-bond acceptors (Lipinski definition) is 3. The van der Waals surface area contributed by atoms with Gasteiger partial charge in [0.05, 0.1) is 44.1 Å². The van der Waals surface area contributed by atoms with Crippen LogP contribution in [0.3, 0.4) is 0 Å². The van der Waals surface area contributed by atoms with E-state index in [1.807, 2.05) is 39.8 Å². The normalized spacial score (nSPS) is 21.4. The van der Waals surface area contributed by atoms with Crippen molar-refractivity contribution in [2.75, 3.05) is 27.2 Å². The van der Waals surface area contributed by atoms with Gasteiger partial charge in [-0.05, 0) is 50.5 Å². The summed E-state index contributed by atoms with van der Waals surface area (Å²) in [6, 6.07) is 3.43. The molecule has 1 heterocycles. The summed E-state index contributed by atoms with van der Waals surface area (Å²) < 4.78 is 45.3. The lowest BCUT2D eigenvalue weighted by Gasteiger charge is -2.42. The molecule has 3 atom stereocenters. The van der Waals surface area contributed by atoms with Crippen molar-refractivity contribution >= 4 is 5.71 Å². The number of hydrogen-bond donors (Lipinski definition) is 1. The SMILES string of the molecule is CC.CCCC/C=C\C(C)CC.COc1cc(C(F)(F)F)ccc1C1C(C)=N/C=C\CC[N+]1(C)C/C=C(\C)N. The third-order valence-electron chi connectivity index (χ3n) is 6.73. The summed E-state index contributed by atoms with van der Waals surface area (Å²) in [4.78, 5) is 4.50. The molecule has 7 heteroatoms. The number of benzene rings is 1. The highest BCUT2D eigenvalue weighted by molar-refractivity contribution is 5.88. The Morgan fingerprint density at radius 3 is 2.46 bits per heavy atom. The second kappa shape index (κ2) is 18.7. The second-order valence-corrected chi connectivity index (χ2v) is 10.1. The summed E-state index contributed by atoms with van der Waals surface area (Å²) in [6.07, 6.45) is 11.9. The lowest BCUT2D eigenvalue weighted by Crippen LogP contribution is -2.51. The van der Waals surface area contributed by atoms with E-state index in [-0.39, 0.29) is 11.8 Å². The molecule has 0 aromatic heterocycles. The third kappa shape index (κ3) is 12.9. The Balaban J connectivity index is 0.00000101. The number of methoxy groups -OCH3 is 1. The zero-order valence-corrected chi connectivity index (χ0v) is 25.7. The molecule has 0 saturated carbocycles. The summed E-state index contributed by atoms with van der Waals surface area (Å²) in [5.74, 6) is 0.989. The molecule has 1 aliphatic rings. The smallest absolute Gasteiger partial charge is 0.416 e. The first-order valence-electron chi connectivity index (χ1n) is 14.3. The van der Waals surface area contributed by atoms with Crippen LogP contribution >= 0.6 is 0 Å². The first kappa shape index (κ1) is 36.5. The van der Waals surface area contributed by atoms with Crippen molar-refractivity contribution in [3.8, 4) is 5.75 Å². The molecule has 39 heavy (non-hydrogen) atoms. The molecule has 222 valence electrons. The highest BCUT2D eigenvalue weighted by Crippen LogP contribution is 2.39. The third-order valence-corrected chi connectivity index (χ3v) is 6.73. The van der Waals surface area contributed by atoms with Crippen LogP contribution in [0.2, 0.25) is 0 Å². The van der Waals surface area contributed by atoms with Gasteiger partial charge in [-0.1, -0.05) is 72.1 Å². The summed E-state index contributed by atoms with van der Waals surface area (Å²) in [5.41, 5.74) is 7.32. The maximum atomic E-state index is 13.1. The van der Waals surface area contributed by atoms with Crippen LogP contribution in [0.5, 0.6) is 5.75 Å². The second-order valence-electron chi connectivity index (χ2n) is 10.1. The van der Waals surface area contributed by atoms with Crippen LogP contribution in [0, 0.1) is 5.92 Å². The first-order chi connectivity index (χ1) is 18.4. The number of rotatable bonds is 9. The van der Waals surface area contributed by atoms with Crippen molar-refractivity contribution in [3.05, 3.63) is 65.5 Å². The molecule has 0 aliphatic carbocycles. The highest BCUT2D eigenvalue weighted by atomic mass is 19.4. The minimum Gasteiger partial charge on any atom is -0.496 e. The van der Waals surface area contributed by atoms with Crippen LogP contribution in [0.4, 0.5) is 13.2 Å². The average Bonchev–Trinajstić information content (AvgIpc) is 2.90. The lowest BCUT2D eigenvalue weighted by molar-refractivity contribution is -0.923. The molecular formula is C32H53F3N3O+. The van der Waals surface area contributed by atoms with Crippen LogP contribution in [0.1, 0.15) is 97.7 Å². The summed E-state index contributed by atoms with van der Waals surface area (Å²) in [7, 11) is 3.46. The molecule has 1 aromatic rings. The number of unbranched alkanes of at least 4 members (excludes halogenated alkanes) is 2. The van der Waals surface area contributed by atoms with Gasteiger partial charge < -0.3 is 15.0 Å². The van der Waals surface area contributed by atoms with E-state index in [1.165, 1.54) is 38.9 Å². The Kier molecular flexibility index (Phi) is 17.5. The quantitative estimate of drug-likeness (QED) is 0.189. The van der Waals surface area contributed by atoms with Crippen molar-refractivity contribution in [1.29, 1.82) is 0 Å². The van der Waals surface area contributed by atoms with Gasteiger partial charge >= 0.3 is 6.18 Å². The Morgan fingerprint density at radius 1 is 1.26 bits per heavy atom. The molecule has 2 N–H and O–H groups in total. The van der Waals surface area contributed by atoms with Crippen molar-refractivity contribution in [2.45, 2.75) is 92.8 Å². The number of nitrogens with two attached hydrogens (primary N) is 1. The number of quaternary nitrogens is 1. The van der Waals surface area contributed by atoms with E-state index in [4.69, 9.17) is 10.5 Å². The van der Waals surface area contributed by atoms with Crippen LogP contribution < -0.4 is 10.5 Å². The van der Waals surface area contributed by atoms with Crippen molar-refractivity contribution < 1.29 is 22.4 Å². The minimum atomic E-state index is -4.42. The van der Waals surface area contributed by atoms with Gasteiger partial charge in [0, 0.05) is 18.3 Å². The number of alkyl halides is 3. The van der Waals surface area contributed by atoms with E-state index in [2.05, 4.69) is 45.0 Å². The Morgan fingerprint density at radius 2 is 1.92 bits per heavy atom. The number of likely N-dealkylation sites (N-methyl/N-ethyl adjacent to an activating group) is 1. The molecule has 1 aliphatic heterocycles. The highest BCUT2D eigenvalue weighted by Gasteiger charge is 2.39. The fourth-order valence-corrected chi connectivity index (χ4v) is 4.28. The first-order valence-corrected chi connectivity index (χ1v) is 14.3. The zero-order valence-electron chi connectivity index (χ0n) is 25.7. The molecule has 0 amide bonds. The Labute approximate surface area is 236 Å². The van der Waals surface area contributed by atoms with Gasteiger partial charge in [0.15, 0.2) is 6.04 Å². The minimum absolute atomic E-state index is 0.215. The molecular weight excluding hydrogens is 499 g/mol. The molecule has 2 rings (SSSR count). The van der Waals surface area contributed by atoms with E-state index in [0.29, 0.717) is 22.3 Å². The van der Waals surface area contributed by atoms with Crippen LogP contribution in [0.25, 0.3) is 0 Å². The van der Waals surface area contributed by atoms with Gasteiger partial charge in [0.25, 0.3) is 0 Å². The van der Waals surface area contributed by atoms with Gasteiger partial charge in [-0.15, -0.1) is 0 Å². The molecule has 1 aromatic carbocycles. The standard InChI is InChI=1S/C20H27F3N3O.C10H20.C2H6/c1-14(24)9-12-26(3)11-6-5-10-25-15(2)19(26)17-8-7-16(20(21,22)23)13-18(17)27-4;1-4-6-7-8-9-10(3)5-2;1-2/h5,7-10,13,19H,6,11-12,24H2,1-4H3;8-10H,4-7H2,1-3H3;1-2H3/q+1;;/b10-5-,14-9+,25-15?;9-8-;. The number of halogens is 3. The van der Waals surface area contributed by atoms with Gasteiger partial charge in [0.2, 0.25) is 0 Å². The maximum absolute atomic E-state index is 13.1. The largest absolute Gasteiger partial charge is 0.496 e. The molecule has 0 spiro atoms. The van der Waals surface area contributed by atoms with E-state index in [1.54, 1.807) is 6.20 Å². The predicted molar refractivity (Wildman–Crippen MR) is 161 cm³/mol. The zero-order chi connectivity index (χ0) is 30.1. The Hall–Kier alpha value is -2.54. The lowest BCUT2D eigenvalue weighted by atomic mass is 9.95. The Bertz CT molecular complexity index is 946. The van der Waals surface area contributed by atoms with E-state index in [9.17, 15) is 13.2 Å². The molecule has 3 unspecified atom stereocenters. The van der Waals surface area contributed by atoms with Crippen molar-refractivity contribution in [2.24, 2.45) is 16.6 Å². The van der Waals surface area contributed by atoms with Crippen LogP contribution in [-0.4, -0.2) is 37.4 Å². The fourth-order valence-electron chi connectivity index (χ4n) is 4.28. The van der Waals surface area contributed by atoms with Crippen molar-refractivity contribution in [3.63, 3.8) is 0 Å². The van der Waals surface area contributed by atoms with E-state index in [0.717, 1.165) is 36.7 Å². The summed E-state index contributed by atoms with van der Waals surface area (Å²) >= 11 is 0. The number of aliphatic imine (C=N–C) groups is 1. The molecule has 4 nitrogen and oxygen atoms in total. The summed E-state index contributed by atoms with van der Waals surface area (Å²) in [5, 5.41) is 0. The van der Waals surface area contributed by atoms with Gasteiger partial charge in [-0.3, -0.25) is 4.99 Å². The molecule has 0 saturated heterocycles. The fraction of sp³-hybridized carbons (Fsp3) is 0.594. The number of allylic oxidation sites excluding steroid dienone is 3. The monoisotopic (exact) mass is 552 g/mol. The molecule has 0 bridgehead atoms. The predicted octanol–water partition coefficient (Wildman–Crippen LogP) is 9.25.